The summed E-state index contributed by atoms with van der Waals surface area (Å²) in [7, 11) is 0. The number of ketones is 1. The van der Waals surface area contributed by atoms with Gasteiger partial charge in [-0.15, -0.1) is 0 Å². The van der Waals surface area contributed by atoms with Crippen LogP contribution < -0.4 is 0 Å². The highest BCUT2D eigenvalue weighted by atomic mass is 19.3. The zero-order valence-corrected chi connectivity index (χ0v) is 9.50. The molecule has 92 valence electrons. The maximum atomic E-state index is 13.4. The fraction of sp³-hybridized carbons (Fsp3) is 0.333. The minimum Gasteiger partial charge on any atom is -0.461 e. The quantitative estimate of drug-likeness (QED) is 0.462. The zero-order valence-electron chi connectivity index (χ0n) is 9.50. The minimum atomic E-state index is -4.13. The highest BCUT2D eigenvalue weighted by Gasteiger charge is 2.49. The van der Waals surface area contributed by atoms with Gasteiger partial charge in [0.2, 0.25) is 5.78 Å². The molecule has 1 rings (SSSR count). The van der Waals surface area contributed by atoms with E-state index in [9.17, 15) is 18.4 Å². The first kappa shape index (κ1) is 13.3. The summed E-state index contributed by atoms with van der Waals surface area (Å²) in [5.74, 6) is -7.49. The molecule has 0 N–H and O–H groups in total. The first-order chi connectivity index (χ1) is 7.89. The Hall–Kier alpha value is -1.78. The van der Waals surface area contributed by atoms with Crippen molar-refractivity contribution in [1.29, 1.82) is 0 Å². The standard InChI is InChI=1S/C12H12F2O3/c1-3-17-11(16)12(13,14)10(15)9-6-4-8(2)5-7-9/h4-7H,3H2,1-2H3. The molecule has 0 saturated heterocycles. The summed E-state index contributed by atoms with van der Waals surface area (Å²) in [6, 6.07) is 5.55. The maximum Gasteiger partial charge on any atom is 0.404 e. The molecule has 0 unspecified atom stereocenters. The summed E-state index contributed by atoms with van der Waals surface area (Å²) < 4.78 is 30.9. The van der Waals surface area contributed by atoms with E-state index in [1.165, 1.54) is 31.2 Å². The van der Waals surface area contributed by atoms with Gasteiger partial charge in [-0.1, -0.05) is 29.8 Å². The van der Waals surface area contributed by atoms with Gasteiger partial charge in [0.05, 0.1) is 6.61 Å². The second-order valence-corrected chi connectivity index (χ2v) is 3.49. The number of carbonyl (C=O) groups excluding carboxylic acids is 2. The van der Waals surface area contributed by atoms with Crippen LogP contribution in [-0.2, 0) is 9.53 Å². The molecule has 0 aromatic heterocycles. The molecule has 0 radical (unpaired) electrons. The van der Waals surface area contributed by atoms with Crippen LogP contribution in [-0.4, -0.2) is 24.3 Å². The molecule has 0 heterocycles. The van der Waals surface area contributed by atoms with E-state index >= 15 is 0 Å². The maximum absolute atomic E-state index is 13.4. The van der Waals surface area contributed by atoms with E-state index in [0.717, 1.165) is 5.56 Å². The van der Waals surface area contributed by atoms with E-state index < -0.39 is 17.7 Å². The third kappa shape index (κ3) is 2.87. The van der Waals surface area contributed by atoms with E-state index in [1.54, 1.807) is 6.92 Å². The van der Waals surface area contributed by atoms with Crippen LogP contribution in [0.4, 0.5) is 8.78 Å². The largest absolute Gasteiger partial charge is 0.461 e. The number of aryl methyl sites for hydroxylation is 1. The topological polar surface area (TPSA) is 43.4 Å². The molecule has 0 aliphatic carbocycles. The molecule has 0 fully saturated rings. The first-order valence-corrected chi connectivity index (χ1v) is 5.06. The summed E-state index contributed by atoms with van der Waals surface area (Å²) in [6.45, 7) is 2.96. The minimum absolute atomic E-state index is 0.199. The molecule has 0 bridgehead atoms. The summed E-state index contributed by atoms with van der Waals surface area (Å²) in [5.41, 5.74) is 0.620. The van der Waals surface area contributed by atoms with E-state index in [0.29, 0.717) is 0 Å². The number of rotatable bonds is 4. The van der Waals surface area contributed by atoms with E-state index in [1.807, 2.05) is 0 Å². The van der Waals surface area contributed by atoms with Gasteiger partial charge >= 0.3 is 11.9 Å². The van der Waals surface area contributed by atoms with Gasteiger partial charge in [-0.25, -0.2) is 4.79 Å². The molecule has 0 aliphatic rings. The zero-order chi connectivity index (χ0) is 13.1. The Morgan fingerprint density at radius 1 is 1.24 bits per heavy atom. The normalized spacial score (nSPS) is 11.1. The van der Waals surface area contributed by atoms with Crippen molar-refractivity contribution in [2.24, 2.45) is 0 Å². The number of hydrogen-bond acceptors (Lipinski definition) is 3. The van der Waals surface area contributed by atoms with E-state index in [-0.39, 0.29) is 12.2 Å². The van der Waals surface area contributed by atoms with Crippen molar-refractivity contribution in [3.8, 4) is 0 Å². The summed E-state index contributed by atoms with van der Waals surface area (Å²) >= 11 is 0. The molecule has 0 aliphatic heterocycles. The first-order valence-electron chi connectivity index (χ1n) is 5.06. The van der Waals surface area contributed by atoms with Crippen molar-refractivity contribution < 1.29 is 23.1 Å². The van der Waals surface area contributed by atoms with Crippen molar-refractivity contribution >= 4 is 11.8 Å². The Morgan fingerprint density at radius 2 is 1.76 bits per heavy atom. The number of hydrogen-bond donors (Lipinski definition) is 0. The lowest BCUT2D eigenvalue weighted by Crippen LogP contribution is -2.39. The van der Waals surface area contributed by atoms with Gasteiger partial charge in [0.1, 0.15) is 0 Å². The van der Waals surface area contributed by atoms with Gasteiger partial charge in [0, 0.05) is 5.56 Å². The van der Waals surface area contributed by atoms with Crippen LogP contribution in [0.1, 0.15) is 22.8 Å². The van der Waals surface area contributed by atoms with Crippen molar-refractivity contribution in [3.05, 3.63) is 35.4 Å². The van der Waals surface area contributed by atoms with Gasteiger partial charge in [-0.3, -0.25) is 4.79 Å². The Balaban J connectivity index is 2.95. The Kier molecular flexibility index (Phi) is 3.93. The molecule has 5 heteroatoms. The monoisotopic (exact) mass is 242 g/mol. The summed E-state index contributed by atoms with van der Waals surface area (Å²) in [4.78, 5) is 22.4. The second kappa shape index (κ2) is 5.03. The molecule has 3 nitrogen and oxygen atoms in total. The molecular weight excluding hydrogens is 230 g/mol. The highest BCUT2D eigenvalue weighted by Crippen LogP contribution is 2.22. The van der Waals surface area contributed by atoms with E-state index in [2.05, 4.69) is 4.74 Å². The smallest absolute Gasteiger partial charge is 0.404 e. The molecule has 1 aromatic rings. The molecule has 0 amide bonds. The van der Waals surface area contributed by atoms with Crippen LogP contribution >= 0.6 is 0 Å². The van der Waals surface area contributed by atoms with Crippen LogP contribution in [0.2, 0.25) is 0 Å². The molecule has 0 saturated carbocycles. The van der Waals surface area contributed by atoms with Crippen molar-refractivity contribution in [2.45, 2.75) is 19.8 Å². The van der Waals surface area contributed by atoms with E-state index in [4.69, 9.17) is 0 Å². The number of halogens is 2. The molecule has 1 aromatic carbocycles. The number of alkyl halides is 2. The fourth-order valence-corrected chi connectivity index (χ4v) is 1.20. The average Bonchev–Trinajstić information content (AvgIpc) is 2.29. The second-order valence-electron chi connectivity index (χ2n) is 3.49. The molecule has 0 spiro atoms. The molecular formula is C12H12F2O3. The van der Waals surface area contributed by atoms with Crippen molar-refractivity contribution in [1.82, 2.24) is 0 Å². The Morgan fingerprint density at radius 3 is 2.24 bits per heavy atom. The lowest BCUT2D eigenvalue weighted by molar-refractivity contribution is -0.164. The van der Waals surface area contributed by atoms with Gasteiger partial charge < -0.3 is 4.74 Å². The number of carbonyl (C=O) groups is 2. The molecule has 0 atom stereocenters. The van der Waals surface area contributed by atoms with Gasteiger partial charge in [-0.2, -0.15) is 8.78 Å². The predicted octanol–water partition coefficient (Wildman–Crippen LogP) is 2.38. The summed E-state index contributed by atoms with van der Waals surface area (Å²) in [6.07, 6.45) is 0. The number of esters is 1. The third-order valence-electron chi connectivity index (χ3n) is 2.13. The van der Waals surface area contributed by atoms with Gasteiger partial charge in [0.15, 0.2) is 0 Å². The SMILES string of the molecule is CCOC(=O)C(F)(F)C(=O)c1ccc(C)cc1. The fourth-order valence-electron chi connectivity index (χ4n) is 1.20. The number of Topliss-reactive ketones (excluding diaryl/α,β-unsaturated/α-hetero) is 1. The van der Waals surface area contributed by atoms with Crippen molar-refractivity contribution in [3.63, 3.8) is 0 Å². The lowest BCUT2D eigenvalue weighted by Gasteiger charge is -2.13. The van der Waals surface area contributed by atoms with Crippen LogP contribution in [0.3, 0.4) is 0 Å². The van der Waals surface area contributed by atoms with Crippen LogP contribution in [0.15, 0.2) is 24.3 Å². The van der Waals surface area contributed by atoms with Crippen LogP contribution in [0.5, 0.6) is 0 Å². The number of ether oxygens (including phenoxy) is 1. The Bertz CT molecular complexity index is 424. The predicted molar refractivity (Wildman–Crippen MR) is 57.1 cm³/mol. The highest BCUT2D eigenvalue weighted by molar-refractivity contribution is 6.13. The average molecular weight is 242 g/mol. The van der Waals surface area contributed by atoms with Crippen LogP contribution in [0, 0.1) is 6.92 Å². The van der Waals surface area contributed by atoms with Gasteiger partial charge in [-0.05, 0) is 13.8 Å². The third-order valence-corrected chi connectivity index (χ3v) is 2.13. The van der Waals surface area contributed by atoms with Crippen molar-refractivity contribution in [2.75, 3.05) is 6.61 Å². The molecule has 17 heavy (non-hydrogen) atoms. The number of benzene rings is 1. The lowest BCUT2D eigenvalue weighted by atomic mass is 10.0. The van der Waals surface area contributed by atoms with Crippen LogP contribution in [0.25, 0.3) is 0 Å². The van der Waals surface area contributed by atoms with Gasteiger partial charge in [0.25, 0.3) is 0 Å². The Labute approximate surface area is 97.4 Å². The summed E-state index contributed by atoms with van der Waals surface area (Å²) in [5, 5.41) is 0.